The first kappa shape index (κ1) is 27.7. The van der Waals surface area contributed by atoms with Gasteiger partial charge in [-0.15, -0.1) is 0 Å². The average molecular weight is 485 g/mol. The van der Waals surface area contributed by atoms with E-state index < -0.39 is 59.7 Å². The number of amides is 1. The van der Waals surface area contributed by atoms with Crippen molar-refractivity contribution in [1.29, 1.82) is 0 Å². The van der Waals surface area contributed by atoms with E-state index in [2.05, 4.69) is 12.2 Å². The second-order valence-corrected chi connectivity index (χ2v) is 8.68. The Balaban J connectivity index is 1.92. The molecular formula is C22H36N4O8. The van der Waals surface area contributed by atoms with Crippen LogP contribution in [0.1, 0.15) is 70.9 Å². The number of aliphatic carboxylic acids is 1. The van der Waals surface area contributed by atoms with E-state index in [4.69, 9.17) is 10.5 Å². The number of nitrogens with one attached hydrogen (secondary N) is 2. The molecule has 2 unspecified atom stereocenters. The third-order valence-electron chi connectivity index (χ3n) is 6.00. The van der Waals surface area contributed by atoms with Crippen LogP contribution < -0.4 is 22.3 Å². The minimum absolute atomic E-state index is 0.374. The number of aliphatic hydroxyl groups is 2. The number of aromatic amines is 1. The first-order chi connectivity index (χ1) is 16.2. The van der Waals surface area contributed by atoms with Crippen LogP contribution in [-0.4, -0.2) is 67.1 Å². The molecule has 1 fully saturated rings. The standard InChI is InChI=1S/C22H36N4O8/c1-2-3-4-5-6-7-8-9-10-13(23)19(30)25-15(21(31)32)18-16(28)17(29)20(34-18)26-12-11-14(27)24-22(26)33/h11-13,15-18,20,28-29H,2-10,23H2,1H3,(H,25,30)(H,31,32)(H,24,27,33)/t13?,15?,16-,17+,18+,20+/m0/s1. The number of nitrogens with zero attached hydrogens (tertiary/aromatic N) is 1. The van der Waals surface area contributed by atoms with Gasteiger partial charge < -0.3 is 31.1 Å². The molecule has 0 aromatic carbocycles. The van der Waals surface area contributed by atoms with Crippen LogP contribution in [0.3, 0.4) is 0 Å². The number of hydrogen-bond acceptors (Lipinski definition) is 8. The smallest absolute Gasteiger partial charge is 0.330 e. The molecule has 192 valence electrons. The van der Waals surface area contributed by atoms with Gasteiger partial charge in [0.05, 0.1) is 6.04 Å². The minimum Gasteiger partial charge on any atom is -0.480 e. The molecule has 12 nitrogen and oxygen atoms in total. The summed E-state index contributed by atoms with van der Waals surface area (Å²) in [6.45, 7) is 2.16. The summed E-state index contributed by atoms with van der Waals surface area (Å²) in [4.78, 5) is 49.5. The van der Waals surface area contributed by atoms with Crippen molar-refractivity contribution in [2.75, 3.05) is 0 Å². The fourth-order valence-corrected chi connectivity index (χ4v) is 3.99. The van der Waals surface area contributed by atoms with Gasteiger partial charge in [-0.2, -0.15) is 0 Å². The summed E-state index contributed by atoms with van der Waals surface area (Å²) in [7, 11) is 0. The Bertz CT molecular complexity index is 917. The number of carboxylic acids is 1. The van der Waals surface area contributed by atoms with E-state index in [1.807, 2.05) is 4.98 Å². The zero-order chi connectivity index (χ0) is 25.3. The average Bonchev–Trinajstić information content (AvgIpc) is 3.07. The monoisotopic (exact) mass is 484 g/mol. The molecule has 1 amide bonds. The van der Waals surface area contributed by atoms with Crippen LogP contribution in [0.25, 0.3) is 0 Å². The molecule has 6 atom stereocenters. The molecule has 1 aliphatic heterocycles. The normalized spacial score (nSPS) is 24.0. The number of rotatable bonds is 14. The van der Waals surface area contributed by atoms with Gasteiger partial charge in [0.1, 0.15) is 18.3 Å². The molecule has 0 bridgehead atoms. The maximum Gasteiger partial charge on any atom is 0.330 e. The van der Waals surface area contributed by atoms with Crippen molar-refractivity contribution in [1.82, 2.24) is 14.9 Å². The molecule has 0 aliphatic carbocycles. The summed E-state index contributed by atoms with van der Waals surface area (Å²) in [6, 6.07) is -1.65. The predicted molar refractivity (Wildman–Crippen MR) is 122 cm³/mol. The summed E-state index contributed by atoms with van der Waals surface area (Å²) >= 11 is 0. The second kappa shape index (κ2) is 13.4. The molecule has 1 saturated heterocycles. The third kappa shape index (κ3) is 7.49. The number of unbranched alkanes of at least 4 members (excludes halogenated alkanes) is 7. The third-order valence-corrected chi connectivity index (χ3v) is 6.00. The first-order valence-electron chi connectivity index (χ1n) is 11.8. The molecular weight excluding hydrogens is 448 g/mol. The van der Waals surface area contributed by atoms with E-state index >= 15 is 0 Å². The van der Waals surface area contributed by atoms with Gasteiger partial charge in [0.15, 0.2) is 12.3 Å². The van der Waals surface area contributed by atoms with Gasteiger partial charge in [0, 0.05) is 12.3 Å². The molecule has 7 N–H and O–H groups in total. The number of ether oxygens (including phenoxy) is 1. The Morgan fingerprint density at radius 1 is 1.12 bits per heavy atom. The van der Waals surface area contributed by atoms with Gasteiger partial charge in [-0.1, -0.05) is 58.3 Å². The molecule has 2 heterocycles. The maximum atomic E-state index is 12.5. The summed E-state index contributed by atoms with van der Waals surface area (Å²) < 4.78 is 6.28. The van der Waals surface area contributed by atoms with Crippen molar-refractivity contribution in [3.8, 4) is 0 Å². The molecule has 0 spiro atoms. The number of aromatic nitrogens is 2. The summed E-state index contributed by atoms with van der Waals surface area (Å²) in [6.07, 6.45) is 3.63. The molecule has 34 heavy (non-hydrogen) atoms. The van der Waals surface area contributed by atoms with Crippen LogP contribution in [-0.2, 0) is 14.3 Å². The molecule has 12 heteroatoms. The molecule has 0 saturated carbocycles. The highest BCUT2D eigenvalue weighted by Crippen LogP contribution is 2.30. The van der Waals surface area contributed by atoms with E-state index in [9.17, 15) is 34.5 Å². The van der Waals surface area contributed by atoms with Crippen LogP contribution in [0.4, 0.5) is 0 Å². The van der Waals surface area contributed by atoms with E-state index in [0.29, 0.717) is 6.42 Å². The first-order valence-corrected chi connectivity index (χ1v) is 11.8. The van der Waals surface area contributed by atoms with Crippen molar-refractivity contribution in [3.05, 3.63) is 33.1 Å². The number of carbonyl (C=O) groups excluding carboxylic acids is 1. The highest BCUT2D eigenvalue weighted by molar-refractivity contribution is 5.87. The van der Waals surface area contributed by atoms with Gasteiger partial charge in [-0.3, -0.25) is 19.1 Å². The minimum atomic E-state index is -1.73. The largest absolute Gasteiger partial charge is 0.480 e. The summed E-state index contributed by atoms with van der Waals surface area (Å²) in [5, 5.41) is 32.6. The van der Waals surface area contributed by atoms with Crippen LogP contribution in [0.5, 0.6) is 0 Å². The lowest BCUT2D eigenvalue weighted by Crippen LogP contribution is -2.56. The highest BCUT2D eigenvalue weighted by atomic mass is 16.6. The molecule has 2 rings (SSSR count). The van der Waals surface area contributed by atoms with Crippen LogP contribution in [0.2, 0.25) is 0 Å². The van der Waals surface area contributed by atoms with Crippen LogP contribution in [0, 0.1) is 0 Å². The van der Waals surface area contributed by atoms with E-state index in [-0.39, 0.29) is 0 Å². The fraction of sp³-hybridized carbons (Fsp3) is 0.727. The van der Waals surface area contributed by atoms with Gasteiger partial charge in [0.25, 0.3) is 5.56 Å². The zero-order valence-corrected chi connectivity index (χ0v) is 19.4. The maximum absolute atomic E-state index is 12.5. The Hall–Kier alpha value is -2.54. The molecule has 1 aromatic rings. The predicted octanol–water partition coefficient (Wildman–Crippen LogP) is -0.417. The SMILES string of the molecule is CCCCCCCCCCC(N)C(=O)NC(C(=O)O)[C@H]1O[C@@H](n2ccc(=O)[nH]c2=O)[C@H](O)[C@@H]1O. The highest BCUT2D eigenvalue weighted by Gasteiger charge is 2.50. The van der Waals surface area contributed by atoms with Crippen LogP contribution in [0.15, 0.2) is 21.9 Å². The Labute approximate surface area is 197 Å². The van der Waals surface area contributed by atoms with Gasteiger partial charge >= 0.3 is 11.7 Å². The van der Waals surface area contributed by atoms with E-state index in [0.717, 1.165) is 42.5 Å². The fourth-order valence-electron chi connectivity index (χ4n) is 3.99. The second-order valence-electron chi connectivity index (χ2n) is 8.68. The number of carboxylic acid groups (broad SMARTS) is 1. The zero-order valence-electron chi connectivity index (χ0n) is 19.4. The number of H-pyrrole nitrogens is 1. The number of nitrogens with two attached hydrogens (primary N) is 1. The summed E-state index contributed by atoms with van der Waals surface area (Å²) in [5.41, 5.74) is 4.34. The lowest BCUT2D eigenvalue weighted by molar-refractivity contribution is -0.149. The van der Waals surface area contributed by atoms with Crippen molar-refractivity contribution in [2.24, 2.45) is 5.73 Å². The lowest BCUT2D eigenvalue weighted by Gasteiger charge is -2.24. The summed E-state index contributed by atoms with van der Waals surface area (Å²) in [5.74, 6) is -2.22. The lowest BCUT2D eigenvalue weighted by atomic mass is 10.0. The van der Waals surface area contributed by atoms with Gasteiger partial charge in [-0.05, 0) is 6.42 Å². The number of carbonyl (C=O) groups is 2. The van der Waals surface area contributed by atoms with Gasteiger partial charge in [0.2, 0.25) is 5.91 Å². The van der Waals surface area contributed by atoms with Crippen molar-refractivity contribution >= 4 is 11.9 Å². The topological polar surface area (TPSA) is 197 Å². The van der Waals surface area contributed by atoms with Gasteiger partial charge in [-0.25, -0.2) is 9.59 Å². The van der Waals surface area contributed by atoms with Crippen molar-refractivity contribution in [2.45, 2.75) is 101 Å². The van der Waals surface area contributed by atoms with Crippen molar-refractivity contribution in [3.63, 3.8) is 0 Å². The Kier molecular flexibility index (Phi) is 10.9. The molecule has 1 aliphatic rings. The van der Waals surface area contributed by atoms with E-state index in [1.165, 1.54) is 25.7 Å². The number of aliphatic hydroxyl groups excluding tert-OH is 2. The molecule has 0 radical (unpaired) electrons. The quantitative estimate of drug-likeness (QED) is 0.190. The van der Waals surface area contributed by atoms with Crippen molar-refractivity contribution < 1.29 is 29.6 Å². The van der Waals surface area contributed by atoms with E-state index in [1.54, 1.807) is 0 Å². The Morgan fingerprint density at radius 3 is 2.32 bits per heavy atom. The molecule has 1 aromatic heterocycles. The van der Waals surface area contributed by atoms with Crippen LogP contribution >= 0.6 is 0 Å². The number of hydrogen-bond donors (Lipinski definition) is 6. The Morgan fingerprint density at radius 2 is 1.74 bits per heavy atom.